The fourth-order valence-electron chi connectivity index (χ4n) is 1.70. The van der Waals surface area contributed by atoms with Crippen LogP contribution in [0.15, 0.2) is 0 Å². The molecule has 0 spiro atoms. The van der Waals surface area contributed by atoms with E-state index in [1.165, 1.54) is 11.3 Å². The molecule has 78 valence electrons. The molecular formula is C10H17N3O. The van der Waals surface area contributed by atoms with Crippen molar-refractivity contribution in [2.45, 2.75) is 26.3 Å². The van der Waals surface area contributed by atoms with Crippen molar-refractivity contribution in [3.8, 4) is 0 Å². The maximum Gasteiger partial charge on any atom is 0.0643 e. The van der Waals surface area contributed by atoms with Crippen LogP contribution in [0.3, 0.4) is 0 Å². The quantitative estimate of drug-likeness (QED) is 0.738. The van der Waals surface area contributed by atoms with Crippen molar-refractivity contribution in [1.29, 1.82) is 0 Å². The van der Waals surface area contributed by atoms with Gasteiger partial charge >= 0.3 is 0 Å². The molecule has 0 aromatic carbocycles. The number of aromatic nitrogens is 2. The zero-order chi connectivity index (χ0) is 9.97. The molecule has 0 bridgehead atoms. The van der Waals surface area contributed by atoms with Crippen LogP contribution in [0.1, 0.15) is 17.0 Å². The summed E-state index contributed by atoms with van der Waals surface area (Å²) < 4.78 is 5.09. The Morgan fingerprint density at radius 2 is 2.29 bits per heavy atom. The lowest BCUT2D eigenvalue weighted by molar-refractivity contribution is -0.00468. The minimum absolute atomic E-state index is 0.572. The van der Waals surface area contributed by atoms with E-state index < -0.39 is 0 Å². The van der Waals surface area contributed by atoms with E-state index in [2.05, 4.69) is 22.4 Å². The molecule has 1 aromatic heterocycles. The van der Waals surface area contributed by atoms with Gasteiger partial charge in [0, 0.05) is 5.69 Å². The van der Waals surface area contributed by atoms with Crippen LogP contribution in [0, 0.1) is 13.8 Å². The third kappa shape index (κ3) is 1.96. The summed E-state index contributed by atoms with van der Waals surface area (Å²) in [5.74, 6) is 0. The molecule has 4 nitrogen and oxygen atoms in total. The van der Waals surface area contributed by atoms with E-state index in [0.717, 1.165) is 31.9 Å². The van der Waals surface area contributed by atoms with Gasteiger partial charge in [-0.3, -0.25) is 5.10 Å². The number of nitrogens with zero attached hydrogens (tertiary/aromatic N) is 1. The van der Waals surface area contributed by atoms with E-state index in [9.17, 15) is 0 Å². The molecule has 0 saturated carbocycles. The van der Waals surface area contributed by atoms with Crippen molar-refractivity contribution in [3.63, 3.8) is 0 Å². The lowest BCUT2D eigenvalue weighted by Crippen LogP contribution is -2.46. The zero-order valence-corrected chi connectivity index (χ0v) is 8.76. The second-order valence-corrected chi connectivity index (χ2v) is 3.85. The standard InChI is InChI=1S/C10H17N3O/c1-7-10(8(2)13-12-7)3-4-11-9-5-14-6-9/h9,11H,3-6H2,1-2H3,(H,12,13). The monoisotopic (exact) mass is 195 g/mol. The van der Waals surface area contributed by atoms with Gasteiger partial charge in [0.25, 0.3) is 0 Å². The SMILES string of the molecule is Cc1n[nH]c(C)c1CCNC1COC1. The Labute approximate surface area is 84.0 Å². The minimum Gasteiger partial charge on any atom is -0.378 e. The van der Waals surface area contributed by atoms with Crippen molar-refractivity contribution in [3.05, 3.63) is 17.0 Å². The highest BCUT2D eigenvalue weighted by molar-refractivity contribution is 5.23. The Morgan fingerprint density at radius 3 is 2.79 bits per heavy atom. The predicted octanol–water partition coefficient (Wildman–Crippen LogP) is 0.557. The van der Waals surface area contributed by atoms with Crippen LogP contribution in [0.4, 0.5) is 0 Å². The highest BCUT2D eigenvalue weighted by atomic mass is 16.5. The zero-order valence-electron chi connectivity index (χ0n) is 8.76. The van der Waals surface area contributed by atoms with E-state index >= 15 is 0 Å². The van der Waals surface area contributed by atoms with Gasteiger partial charge in [-0.05, 0) is 32.4 Å². The van der Waals surface area contributed by atoms with Gasteiger partial charge in [-0.2, -0.15) is 5.10 Å². The number of aryl methyl sites for hydroxylation is 2. The fourth-order valence-corrected chi connectivity index (χ4v) is 1.70. The molecule has 0 radical (unpaired) electrons. The normalized spacial score (nSPS) is 17.0. The second-order valence-electron chi connectivity index (χ2n) is 3.85. The maximum atomic E-state index is 5.09. The molecule has 1 fully saturated rings. The van der Waals surface area contributed by atoms with Crippen LogP contribution < -0.4 is 5.32 Å². The number of nitrogens with one attached hydrogen (secondary N) is 2. The molecule has 1 saturated heterocycles. The molecule has 2 rings (SSSR count). The van der Waals surface area contributed by atoms with Gasteiger partial charge in [0.2, 0.25) is 0 Å². The van der Waals surface area contributed by atoms with Gasteiger partial charge in [-0.25, -0.2) is 0 Å². The average molecular weight is 195 g/mol. The van der Waals surface area contributed by atoms with E-state index in [1.807, 2.05) is 6.92 Å². The van der Waals surface area contributed by atoms with Crippen LogP contribution in [0.5, 0.6) is 0 Å². The molecule has 2 heterocycles. The summed E-state index contributed by atoms with van der Waals surface area (Å²) in [5, 5.41) is 10.6. The second kappa shape index (κ2) is 4.11. The predicted molar refractivity (Wildman–Crippen MR) is 54.4 cm³/mol. The van der Waals surface area contributed by atoms with E-state index in [0.29, 0.717) is 6.04 Å². The Hall–Kier alpha value is -0.870. The third-order valence-electron chi connectivity index (χ3n) is 2.73. The van der Waals surface area contributed by atoms with Gasteiger partial charge in [0.15, 0.2) is 0 Å². The van der Waals surface area contributed by atoms with Gasteiger partial charge in [-0.1, -0.05) is 0 Å². The Bertz CT molecular complexity index is 285. The van der Waals surface area contributed by atoms with Crippen molar-refractivity contribution in [2.24, 2.45) is 0 Å². The maximum absolute atomic E-state index is 5.09. The summed E-state index contributed by atoms with van der Waals surface area (Å²) in [4.78, 5) is 0. The molecule has 1 aliphatic heterocycles. The van der Waals surface area contributed by atoms with E-state index in [4.69, 9.17) is 4.74 Å². The lowest BCUT2D eigenvalue weighted by atomic mass is 10.1. The number of hydrogen-bond donors (Lipinski definition) is 2. The third-order valence-corrected chi connectivity index (χ3v) is 2.73. The molecule has 0 atom stereocenters. The molecule has 0 amide bonds. The number of aromatic amines is 1. The van der Waals surface area contributed by atoms with Gasteiger partial charge in [0.05, 0.1) is 24.9 Å². The van der Waals surface area contributed by atoms with Gasteiger partial charge in [-0.15, -0.1) is 0 Å². The Balaban J connectivity index is 1.79. The van der Waals surface area contributed by atoms with Crippen molar-refractivity contribution in [2.75, 3.05) is 19.8 Å². The Kier molecular flexibility index (Phi) is 2.84. The van der Waals surface area contributed by atoms with Crippen molar-refractivity contribution >= 4 is 0 Å². The van der Waals surface area contributed by atoms with Crippen molar-refractivity contribution < 1.29 is 4.74 Å². The smallest absolute Gasteiger partial charge is 0.0643 e. The number of H-pyrrole nitrogens is 1. The number of ether oxygens (including phenoxy) is 1. The summed E-state index contributed by atoms with van der Waals surface area (Å²) in [6.45, 7) is 6.86. The number of hydrogen-bond acceptors (Lipinski definition) is 3. The van der Waals surface area contributed by atoms with Gasteiger partial charge in [0.1, 0.15) is 0 Å². The summed E-state index contributed by atoms with van der Waals surface area (Å²) >= 11 is 0. The molecule has 0 aliphatic carbocycles. The fraction of sp³-hybridized carbons (Fsp3) is 0.700. The van der Waals surface area contributed by atoms with Crippen molar-refractivity contribution in [1.82, 2.24) is 15.5 Å². The first-order valence-corrected chi connectivity index (χ1v) is 5.09. The first kappa shape index (κ1) is 9.68. The largest absolute Gasteiger partial charge is 0.378 e. The summed E-state index contributed by atoms with van der Waals surface area (Å²) in [6.07, 6.45) is 1.05. The van der Waals surface area contributed by atoms with Crippen LogP contribution in [0.2, 0.25) is 0 Å². The molecule has 0 unspecified atom stereocenters. The first-order valence-electron chi connectivity index (χ1n) is 5.09. The molecule has 14 heavy (non-hydrogen) atoms. The summed E-state index contributed by atoms with van der Waals surface area (Å²) in [7, 11) is 0. The first-order chi connectivity index (χ1) is 6.77. The van der Waals surface area contributed by atoms with Gasteiger partial charge < -0.3 is 10.1 Å². The van der Waals surface area contributed by atoms with Crippen LogP contribution in [0.25, 0.3) is 0 Å². The molecule has 4 heteroatoms. The molecule has 2 N–H and O–H groups in total. The number of rotatable bonds is 4. The van der Waals surface area contributed by atoms with Crippen LogP contribution in [-0.2, 0) is 11.2 Å². The van der Waals surface area contributed by atoms with E-state index in [-0.39, 0.29) is 0 Å². The summed E-state index contributed by atoms with van der Waals surface area (Å²) in [5.41, 5.74) is 3.65. The van der Waals surface area contributed by atoms with Crippen LogP contribution in [-0.4, -0.2) is 36.0 Å². The van der Waals surface area contributed by atoms with Crippen LogP contribution >= 0.6 is 0 Å². The Morgan fingerprint density at radius 1 is 1.50 bits per heavy atom. The molecular weight excluding hydrogens is 178 g/mol. The van der Waals surface area contributed by atoms with E-state index in [1.54, 1.807) is 0 Å². The topological polar surface area (TPSA) is 49.9 Å². The lowest BCUT2D eigenvalue weighted by Gasteiger charge is -2.26. The summed E-state index contributed by atoms with van der Waals surface area (Å²) in [6, 6.07) is 0.572. The minimum atomic E-state index is 0.572. The highest BCUT2D eigenvalue weighted by Gasteiger charge is 2.17. The highest BCUT2D eigenvalue weighted by Crippen LogP contribution is 2.09. The molecule has 1 aliphatic rings. The average Bonchev–Trinajstić information content (AvgIpc) is 2.39. The molecule has 1 aromatic rings.